The average Bonchev–Trinajstić information content (AvgIpc) is 3.43. The molecule has 0 radical (unpaired) electrons. The van der Waals surface area contributed by atoms with Gasteiger partial charge in [0, 0.05) is 45.7 Å². The van der Waals surface area contributed by atoms with Gasteiger partial charge in [-0.2, -0.15) is 20.7 Å². The van der Waals surface area contributed by atoms with E-state index in [1.165, 1.54) is 11.8 Å². The van der Waals surface area contributed by atoms with Crippen molar-refractivity contribution in [3.05, 3.63) is 65.7 Å². The molecule has 4 aromatic rings. The summed E-state index contributed by atoms with van der Waals surface area (Å²) in [6.07, 6.45) is 8.18. The Morgan fingerprint density at radius 2 is 1.79 bits per heavy atom. The average molecular weight is 453 g/mol. The van der Waals surface area contributed by atoms with Crippen LogP contribution in [0.5, 0.6) is 0 Å². The van der Waals surface area contributed by atoms with Crippen molar-refractivity contribution in [2.75, 3.05) is 0 Å². The summed E-state index contributed by atoms with van der Waals surface area (Å²) in [6, 6.07) is 14.2. The van der Waals surface area contributed by atoms with Gasteiger partial charge < -0.3 is 0 Å². The SMILES string of the molecule is Cc1c(-c2cc(Sc3ccccc3C#N)c3c(C#N)cnn3c2)cnn1C1CCC(=O)CC1. The van der Waals surface area contributed by atoms with Crippen molar-refractivity contribution in [1.29, 1.82) is 10.5 Å². The number of aromatic nitrogens is 4. The van der Waals surface area contributed by atoms with E-state index in [1.807, 2.05) is 48.3 Å². The molecule has 0 unspecified atom stereocenters. The Morgan fingerprint density at radius 1 is 1.03 bits per heavy atom. The molecule has 1 aliphatic carbocycles. The minimum absolute atomic E-state index is 0.228. The largest absolute Gasteiger partial charge is 0.300 e. The number of hydrogen-bond donors (Lipinski definition) is 0. The first-order valence-electron chi connectivity index (χ1n) is 10.7. The fourth-order valence-electron chi connectivity index (χ4n) is 4.40. The zero-order valence-electron chi connectivity index (χ0n) is 18.0. The fraction of sp³-hybridized carbons (Fsp3) is 0.240. The van der Waals surface area contributed by atoms with E-state index < -0.39 is 0 Å². The highest BCUT2D eigenvalue weighted by molar-refractivity contribution is 7.99. The van der Waals surface area contributed by atoms with Crippen LogP contribution in [0.1, 0.15) is 48.5 Å². The van der Waals surface area contributed by atoms with Crippen LogP contribution in [-0.4, -0.2) is 25.2 Å². The predicted molar refractivity (Wildman–Crippen MR) is 124 cm³/mol. The summed E-state index contributed by atoms with van der Waals surface area (Å²) in [5.74, 6) is 0.327. The van der Waals surface area contributed by atoms with Crippen LogP contribution in [-0.2, 0) is 4.79 Å². The first-order valence-corrected chi connectivity index (χ1v) is 11.6. The third-order valence-corrected chi connectivity index (χ3v) is 7.25. The Bertz CT molecular complexity index is 1460. The van der Waals surface area contributed by atoms with Crippen molar-refractivity contribution in [2.45, 2.75) is 48.4 Å². The van der Waals surface area contributed by atoms with Gasteiger partial charge in [0.15, 0.2) is 0 Å². The molecule has 0 aliphatic heterocycles. The van der Waals surface area contributed by atoms with Gasteiger partial charge in [0.25, 0.3) is 0 Å². The number of nitriles is 2. The lowest BCUT2D eigenvalue weighted by Gasteiger charge is -2.22. The monoisotopic (exact) mass is 452 g/mol. The van der Waals surface area contributed by atoms with Gasteiger partial charge in [0.2, 0.25) is 0 Å². The Balaban J connectivity index is 1.60. The molecule has 0 amide bonds. The Hall–Kier alpha value is -3.88. The van der Waals surface area contributed by atoms with Crippen LogP contribution < -0.4 is 0 Å². The maximum atomic E-state index is 11.7. The van der Waals surface area contributed by atoms with E-state index in [-0.39, 0.29) is 6.04 Å². The first kappa shape index (κ1) is 21.0. The summed E-state index contributed by atoms with van der Waals surface area (Å²) >= 11 is 1.45. The van der Waals surface area contributed by atoms with Gasteiger partial charge in [0.1, 0.15) is 17.9 Å². The van der Waals surface area contributed by atoms with Crippen LogP contribution in [0.25, 0.3) is 16.6 Å². The number of Topliss-reactive ketones (excluding diaryl/α,β-unsaturated/α-hetero) is 1. The second-order valence-corrected chi connectivity index (χ2v) is 9.21. The lowest BCUT2D eigenvalue weighted by Crippen LogP contribution is -2.19. The molecule has 5 rings (SSSR count). The van der Waals surface area contributed by atoms with Crippen LogP contribution in [0.15, 0.2) is 58.7 Å². The molecular formula is C25H20N6OS. The second-order valence-electron chi connectivity index (χ2n) is 8.12. The van der Waals surface area contributed by atoms with Gasteiger partial charge in [-0.05, 0) is 38.0 Å². The highest BCUT2D eigenvalue weighted by Gasteiger charge is 2.24. The van der Waals surface area contributed by atoms with Gasteiger partial charge in [-0.1, -0.05) is 23.9 Å². The summed E-state index contributed by atoms with van der Waals surface area (Å²) in [5.41, 5.74) is 4.74. The molecule has 1 saturated carbocycles. The Labute approximate surface area is 195 Å². The topological polar surface area (TPSA) is 99.8 Å². The van der Waals surface area contributed by atoms with E-state index in [1.54, 1.807) is 16.8 Å². The molecule has 1 fully saturated rings. The van der Waals surface area contributed by atoms with E-state index >= 15 is 0 Å². The van der Waals surface area contributed by atoms with E-state index in [0.29, 0.717) is 29.8 Å². The third kappa shape index (κ3) is 3.79. The molecule has 0 saturated heterocycles. The van der Waals surface area contributed by atoms with Crippen LogP contribution in [0.2, 0.25) is 0 Å². The molecule has 0 bridgehead atoms. The van der Waals surface area contributed by atoms with Gasteiger partial charge in [0.05, 0.1) is 35.1 Å². The zero-order valence-corrected chi connectivity index (χ0v) is 18.8. The lowest BCUT2D eigenvalue weighted by molar-refractivity contribution is -0.120. The number of nitrogens with zero attached hydrogens (tertiary/aromatic N) is 6. The number of carbonyl (C=O) groups excluding carboxylic acids is 1. The highest BCUT2D eigenvalue weighted by atomic mass is 32.2. The van der Waals surface area contributed by atoms with Crippen molar-refractivity contribution in [2.24, 2.45) is 0 Å². The first-order chi connectivity index (χ1) is 16.1. The molecule has 0 atom stereocenters. The summed E-state index contributed by atoms with van der Waals surface area (Å²) in [5, 5.41) is 28.2. The van der Waals surface area contributed by atoms with Crippen LogP contribution in [0, 0.1) is 29.6 Å². The van der Waals surface area contributed by atoms with Crippen molar-refractivity contribution in [3.8, 4) is 23.3 Å². The molecule has 3 aromatic heterocycles. The molecule has 8 heteroatoms. The summed E-state index contributed by atoms with van der Waals surface area (Å²) < 4.78 is 3.76. The number of ketones is 1. The normalized spacial score (nSPS) is 14.3. The van der Waals surface area contributed by atoms with Crippen molar-refractivity contribution in [1.82, 2.24) is 19.4 Å². The Kier molecular flexibility index (Phi) is 5.45. The van der Waals surface area contributed by atoms with Gasteiger partial charge >= 0.3 is 0 Å². The van der Waals surface area contributed by atoms with Crippen molar-refractivity contribution in [3.63, 3.8) is 0 Å². The van der Waals surface area contributed by atoms with E-state index in [4.69, 9.17) is 0 Å². The molecule has 3 heterocycles. The zero-order chi connectivity index (χ0) is 22.9. The van der Waals surface area contributed by atoms with Crippen LogP contribution in [0.3, 0.4) is 0 Å². The molecule has 0 N–H and O–H groups in total. The van der Waals surface area contributed by atoms with Crippen molar-refractivity contribution >= 4 is 23.1 Å². The minimum Gasteiger partial charge on any atom is -0.300 e. The molecule has 1 aromatic carbocycles. The second kappa shape index (κ2) is 8.57. The molecule has 0 spiro atoms. The summed E-state index contributed by atoms with van der Waals surface area (Å²) in [4.78, 5) is 13.3. The molecule has 1 aliphatic rings. The number of fused-ring (bicyclic) bond motifs is 1. The van der Waals surface area contributed by atoms with E-state index in [2.05, 4.69) is 22.3 Å². The van der Waals surface area contributed by atoms with Gasteiger partial charge in [-0.3, -0.25) is 9.48 Å². The molecule has 33 heavy (non-hydrogen) atoms. The molecule has 7 nitrogen and oxygen atoms in total. The van der Waals surface area contributed by atoms with E-state index in [0.717, 1.165) is 45.0 Å². The maximum Gasteiger partial charge on any atom is 0.133 e. The highest BCUT2D eigenvalue weighted by Crippen LogP contribution is 2.38. The summed E-state index contributed by atoms with van der Waals surface area (Å²) in [6.45, 7) is 2.05. The molecular weight excluding hydrogens is 432 g/mol. The number of rotatable bonds is 4. The van der Waals surface area contributed by atoms with Crippen LogP contribution in [0.4, 0.5) is 0 Å². The van der Waals surface area contributed by atoms with Gasteiger partial charge in [-0.15, -0.1) is 0 Å². The lowest BCUT2D eigenvalue weighted by atomic mass is 9.94. The number of carbonyl (C=O) groups is 1. The number of pyridine rings is 1. The quantitative estimate of drug-likeness (QED) is 0.428. The maximum absolute atomic E-state index is 11.7. The number of benzene rings is 1. The summed E-state index contributed by atoms with van der Waals surface area (Å²) in [7, 11) is 0. The minimum atomic E-state index is 0.228. The van der Waals surface area contributed by atoms with Gasteiger partial charge in [-0.25, -0.2) is 4.52 Å². The Morgan fingerprint density at radius 3 is 2.55 bits per heavy atom. The molecule has 162 valence electrons. The van der Waals surface area contributed by atoms with Crippen LogP contribution >= 0.6 is 11.8 Å². The van der Waals surface area contributed by atoms with Crippen molar-refractivity contribution < 1.29 is 4.79 Å². The standard InChI is InChI=1S/C25H20N6OS/c1-16-22(14-29-31(16)20-6-8-21(32)9-7-20)18-10-24(25-19(12-27)13-28-30(25)15-18)33-23-5-3-2-4-17(23)11-26/h2-5,10,13-15,20H,6-9H2,1H3. The third-order valence-electron chi connectivity index (χ3n) is 6.14. The predicted octanol–water partition coefficient (Wildman–Crippen LogP) is 5.08. The number of hydrogen-bond acceptors (Lipinski definition) is 6. The fourth-order valence-corrected chi connectivity index (χ4v) is 5.49. The van der Waals surface area contributed by atoms with E-state index in [9.17, 15) is 15.3 Å². The smallest absolute Gasteiger partial charge is 0.133 e.